The van der Waals surface area contributed by atoms with E-state index in [1.165, 1.54) is 6.92 Å². The van der Waals surface area contributed by atoms with Gasteiger partial charge in [0.25, 0.3) is 0 Å². The number of amides is 2. The molecule has 0 saturated carbocycles. The molecule has 1 heterocycles. The largest absolute Gasteiger partial charge is 0.379 e. The van der Waals surface area contributed by atoms with Gasteiger partial charge in [-0.05, 0) is 52.1 Å². The van der Waals surface area contributed by atoms with Crippen molar-refractivity contribution >= 4 is 17.6 Å². The molecule has 1 aliphatic rings. The number of rotatable bonds is 11. The fraction of sp³-hybridized carbons (Fsp3) is 0.870. The molecule has 1 saturated heterocycles. The highest BCUT2D eigenvalue weighted by molar-refractivity contribution is 5.92. The first-order chi connectivity index (χ1) is 13.9. The van der Waals surface area contributed by atoms with Gasteiger partial charge in [0.15, 0.2) is 0 Å². The second kappa shape index (κ2) is 11.2. The zero-order chi connectivity index (χ0) is 23.2. The summed E-state index contributed by atoms with van der Waals surface area (Å²) in [5, 5.41) is 3.04. The number of methoxy groups -OCH3 is 1. The summed E-state index contributed by atoms with van der Waals surface area (Å²) in [6, 6.07) is -0.881. The van der Waals surface area contributed by atoms with Gasteiger partial charge in [-0.2, -0.15) is 0 Å². The van der Waals surface area contributed by atoms with Gasteiger partial charge in [0.1, 0.15) is 11.8 Å². The maximum Gasteiger partial charge on any atom is 0.245 e. The first kappa shape index (κ1) is 26.6. The molecular weight excluding hydrogens is 382 g/mol. The average Bonchev–Trinajstić information content (AvgIpc) is 3.03. The Balaban J connectivity index is 3.11. The van der Waals surface area contributed by atoms with Crippen molar-refractivity contribution in [3.8, 4) is 0 Å². The third-order valence-electron chi connectivity index (χ3n) is 6.90. The lowest BCUT2D eigenvalue weighted by atomic mass is 9.89. The second-order valence-electron chi connectivity index (χ2n) is 9.50. The number of nitrogens with zero attached hydrogens (tertiary/aromatic N) is 2. The van der Waals surface area contributed by atoms with Crippen LogP contribution in [-0.4, -0.2) is 78.9 Å². The molecule has 1 fully saturated rings. The van der Waals surface area contributed by atoms with E-state index in [1.54, 1.807) is 19.1 Å². The highest BCUT2D eigenvalue weighted by atomic mass is 16.5. The standard InChI is InChI=1S/C23H43N3O4/c1-10-16(4)20(18(30-9)14-17(5)27)26(8)21(28)19(15(2)3)24-22(29)23(6)12-11-13-25(23)7/h15-16,18-20H,10-14H2,1-9H3,(H,24,29)/t16-,18+,19-,20?,23-/m0/s1. The number of carbonyl (C=O) groups is 3. The number of ketones is 1. The van der Waals surface area contributed by atoms with Crippen molar-refractivity contribution < 1.29 is 19.1 Å². The van der Waals surface area contributed by atoms with Crippen molar-refractivity contribution in [2.75, 3.05) is 27.7 Å². The molecule has 2 amide bonds. The number of hydrogen-bond donors (Lipinski definition) is 1. The minimum absolute atomic E-state index is 0.0295. The van der Waals surface area contributed by atoms with Crippen LogP contribution in [0.15, 0.2) is 0 Å². The molecule has 0 aliphatic carbocycles. The first-order valence-corrected chi connectivity index (χ1v) is 11.2. The molecule has 30 heavy (non-hydrogen) atoms. The highest BCUT2D eigenvalue weighted by Gasteiger charge is 2.44. The van der Waals surface area contributed by atoms with Crippen molar-refractivity contribution in [1.82, 2.24) is 15.1 Å². The van der Waals surface area contributed by atoms with E-state index in [2.05, 4.69) is 24.1 Å². The summed E-state index contributed by atoms with van der Waals surface area (Å²) >= 11 is 0. The summed E-state index contributed by atoms with van der Waals surface area (Å²) in [6.07, 6.45) is 2.47. The zero-order valence-electron chi connectivity index (χ0n) is 20.4. The van der Waals surface area contributed by atoms with Gasteiger partial charge in [0, 0.05) is 20.6 Å². The van der Waals surface area contributed by atoms with Crippen LogP contribution in [0.4, 0.5) is 0 Å². The Morgan fingerprint density at radius 2 is 1.83 bits per heavy atom. The van der Waals surface area contributed by atoms with E-state index >= 15 is 0 Å². The smallest absolute Gasteiger partial charge is 0.245 e. The molecule has 1 N–H and O–H groups in total. The lowest BCUT2D eigenvalue weighted by molar-refractivity contribution is -0.145. The molecule has 0 spiro atoms. The van der Waals surface area contributed by atoms with Gasteiger partial charge >= 0.3 is 0 Å². The molecule has 174 valence electrons. The van der Waals surface area contributed by atoms with Crippen molar-refractivity contribution in [2.45, 2.75) is 91.0 Å². The number of hydrogen-bond acceptors (Lipinski definition) is 5. The lowest BCUT2D eigenvalue weighted by Gasteiger charge is -2.40. The summed E-state index contributed by atoms with van der Waals surface area (Å²) in [7, 11) is 5.30. The Morgan fingerprint density at radius 1 is 1.23 bits per heavy atom. The molecule has 1 aliphatic heterocycles. The predicted octanol–water partition coefficient (Wildman–Crippen LogP) is 2.48. The van der Waals surface area contributed by atoms with Gasteiger partial charge in [0.05, 0.1) is 17.7 Å². The molecule has 0 aromatic carbocycles. The van der Waals surface area contributed by atoms with E-state index in [-0.39, 0.29) is 48.0 Å². The quantitative estimate of drug-likeness (QED) is 0.550. The Kier molecular flexibility index (Phi) is 9.95. The lowest BCUT2D eigenvalue weighted by Crippen LogP contribution is -2.61. The summed E-state index contributed by atoms with van der Waals surface area (Å²) in [5.74, 6) is -0.133. The normalized spacial score (nSPS) is 23.7. The zero-order valence-corrected chi connectivity index (χ0v) is 20.4. The molecule has 1 unspecified atom stereocenters. The third-order valence-corrected chi connectivity index (χ3v) is 6.90. The Morgan fingerprint density at radius 3 is 2.23 bits per heavy atom. The SMILES string of the molecule is CC[C@H](C)C([C@@H](CC(C)=O)OC)N(C)C(=O)[C@@H](NC(=O)[C@]1(C)CCCN1C)C(C)C. The summed E-state index contributed by atoms with van der Waals surface area (Å²) in [4.78, 5) is 42.2. The van der Waals surface area contributed by atoms with Gasteiger partial charge in [-0.15, -0.1) is 0 Å². The average molecular weight is 426 g/mol. The summed E-state index contributed by atoms with van der Waals surface area (Å²) < 4.78 is 5.64. The van der Waals surface area contributed by atoms with Gasteiger partial charge in [-0.1, -0.05) is 34.1 Å². The summed E-state index contributed by atoms with van der Waals surface area (Å²) in [5.41, 5.74) is -0.591. The predicted molar refractivity (Wildman–Crippen MR) is 119 cm³/mol. The van der Waals surface area contributed by atoms with Crippen molar-refractivity contribution in [2.24, 2.45) is 11.8 Å². The van der Waals surface area contributed by atoms with E-state index in [1.807, 2.05) is 27.8 Å². The van der Waals surface area contributed by atoms with E-state index in [9.17, 15) is 14.4 Å². The molecule has 0 bridgehead atoms. The van der Waals surface area contributed by atoms with Crippen LogP contribution in [0, 0.1) is 11.8 Å². The number of likely N-dealkylation sites (N-methyl/N-ethyl adjacent to an activating group) is 2. The minimum atomic E-state index is -0.630. The van der Waals surface area contributed by atoms with E-state index in [0.717, 1.165) is 25.8 Å². The minimum Gasteiger partial charge on any atom is -0.379 e. The number of ether oxygens (including phenoxy) is 1. The Hall–Kier alpha value is -1.47. The van der Waals surface area contributed by atoms with Crippen LogP contribution in [0.2, 0.25) is 0 Å². The molecule has 7 nitrogen and oxygen atoms in total. The van der Waals surface area contributed by atoms with Crippen LogP contribution in [0.3, 0.4) is 0 Å². The van der Waals surface area contributed by atoms with Crippen molar-refractivity contribution in [3.63, 3.8) is 0 Å². The van der Waals surface area contributed by atoms with E-state index in [4.69, 9.17) is 4.74 Å². The van der Waals surface area contributed by atoms with E-state index in [0.29, 0.717) is 0 Å². The molecule has 0 aromatic heterocycles. The Bertz CT molecular complexity index is 609. The van der Waals surface area contributed by atoms with Gasteiger partial charge in [0.2, 0.25) is 11.8 Å². The maximum atomic E-state index is 13.5. The van der Waals surface area contributed by atoms with Crippen molar-refractivity contribution in [1.29, 1.82) is 0 Å². The van der Waals surface area contributed by atoms with Gasteiger partial charge in [-0.3, -0.25) is 19.3 Å². The molecule has 7 heteroatoms. The number of carbonyl (C=O) groups excluding carboxylic acids is 3. The Labute approximate surface area is 182 Å². The van der Waals surface area contributed by atoms with Gasteiger partial charge in [-0.25, -0.2) is 0 Å². The number of Topliss-reactive ketones (excluding diaryl/α,β-unsaturated/α-hetero) is 1. The van der Waals surface area contributed by atoms with Crippen LogP contribution in [0.25, 0.3) is 0 Å². The van der Waals surface area contributed by atoms with E-state index < -0.39 is 11.6 Å². The molecule has 5 atom stereocenters. The van der Waals surface area contributed by atoms with Gasteiger partial charge < -0.3 is 15.0 Å². The monoisotopic (exact) mass is 425 g/mol. The molecule has 1 rings (SSSR count). The fourth-order valence-electron chi connectivity index (χ4n) is 4.43. The van der Waals surface area contributed by atoms with Crippen LogP contribution in [-0.2, 0) is 19.1 Å². The number of likely N-dealkylation sites (tertiary alicyclic amines) is 1. The third kappa shape index (κ3) is 6.03. The van der Waals surface area contributed by atoms with Crippen LogP contribution in [0.1, 0.15) is 67.2 Å². The second-order valence-corrected chi connectivity index (χ2v) is 9.50. The fourth-order valence-corrected chi connectivity index (χ4v) is 4.43. The number of nitrogens with one attached hydrogen (secondary N) is 1. The van der Waals surface area contributed by atoms with Crippen molar-refractivity contribution in [3.05, 3.63) is 0 Å². The summed E-state index contributed by atoms with van der Waals surface area (Å²) in [6.45, 7) is 12.4. The molecular formula is C23H43N3O4. The van der Waals surface area contributed by atoms with Crippen LogP contribution in [0.5, 0.6) is 0 Å². The first-order valence-electron chi connectivity index (χ1n) is 11.2. The van der Waals surface area contributed by atoms with Crippen LogP contribution >= 0.6 is 0 Å². The molecule has 0 aromatic rings. The van der Waals surface area contributed by atoms with Crippen LogP contribution < -0.4 is 5.32 Å². The molecule has 0 radical (unpaired) electrons. The maximum absolute atomic E-state index is 13.5. The topological polar surface area (TPSA) is 79.0 Å². The highest BCUT2D eigenvalue weighted by Crippen LogP contribution is 2.28.